The molecule has 16 heavy (non-hydrogen) atoms. The molecule has 1 N–H and O–H groups in total. The first kappa shape index (κ1) is 11.1. The van der Waals surface area contributed by atoms with Crippen molar-refractivity contribution in [3.8, 4) is 5.69 Å². The second-order valence-corrected chi connectivity index (χ2v) is 4.29. The molecule has 0 saturated carbocycles. The Kier molecular flexibility index (Phi) is 2.92. The van der Waals surface area contributed by atoms with Gasteiger partial charge in [-0.05, 0) is 49.3 Å². The van der Waals surface area contributed by atoms with Crippen molar-refractivity contribution in [2.24, 2.45) is 0 Å². The number of nitrogens with zero attached hydrogens (tertiary/aromatic N) is 2. The van der Waals surface area contributed by atoms with Crippen LogP contribution in [0.2, 0.25) is 0 Å². The van der Waals surface area contributed by atoms with E-state index < -0.39 is 0 Å². The quantitative estimate of drug-likeness (QED) is 0.809. The molecule has 1 heterocycles. The lowest BCUT2D eigenvalue weighted by atomic mass is 10.1. The molecule has 4 heteroatoms. The van der Waals surface area contributed by atoms with Gasteiger partial charge < -0.3 is 0 Å². The Morgan fingerprint density at radius 2 is 2.06 bits per heavy atom. The van der Waals surface area contributed by atoms with Crippen molar-refractivity contribution in [2.45, 2.75) is 27.2 Å². The topological polar surface area (TPSA) is 33.6 Å². The van der Waals surface area contributed by atoms with Gasteiger partial charge in [0.2, 0.25) is 0 Å². The highest BCUT2D eigenvalue weighted by molar-refractivity contribution is 7.71. The summed E-state index contributed by atoms with van der Waals surface area (Å²) >= 11 is 5.24. The van der Waals surface area contributed by atoms with Crippen molar-refractivity contribution in [3.05, 3.63) is 39.9 Å². The maximum atomic E-state index is 5.24. The van der Waals surface area contributed by atoms with E-state index in [0.717, 1.165) is 17.9 Å². The molecule has 1 aromatic carbocycles. The van der Waals surface area contributed by atoms with Gasteiger partial charge in [-0.25, -0.2) is 0 Å². The first-order valence-corrected chi connectivity index (χ1v) is 5.78. The van der Waals surface area contributed by atoms with E-state index in [1.54, 1.807) is 0 Å². The van der Waals surface area contributed by atoms with E-state index in [2.05, 4.69) is 49.2 Å². The van der Waals surface area contributed by atoms with Gasteiger partial charge in [0.25, 0.3) is 0 Å². The van der Waals surface area contributed by atoms with Crippen LogP contribution in [0.3, 0.4) is 0 Å². The number of benzene rings is 1. The Morgan fingerprint density at radius 1 is 1.31 bits per heavy atom. The number of hydrogen-bond acceptors (Lipinski definition) is 2. The number of nitrogens with one attached hydrogen (secondary N) is 1. The molecule has 0 radical (unpaired) electrons. The highest BCUT2D eigenvalue weighted by Crippen LogP contribution is 2.16. The predicted molar refractivity (Wildman–Crippen MR) is 67.6 cm³/mol. The molecule has 84 valence electrons. The van der Waals surface area contributed by atoms with E-state index in [0.29, 0.717) is 4.77 Å². The average Bonchev–Trinajstić information content (AvgIpc) is 2.64. The zero-order valence-electron chi connectivity index (χ0n) is 9.74. The fourth-order valence-corrected chi connectivity index (χ4v) is 1.95. The van der Waals surface area contributed by atoms with Crippen LogP contribution < -0.4 is 0 Å². The molecule has 2 aromatic rings. The summed E-state index contributed by atoms with van der Waals surface area (Å²) in [7, 11) is 0. The summed E-state index contributed by atoms with van der Waals surface area (Å²) in [6, 6.07) is 6.32. The zero-order chi connectivity index (χ0) is 11.7. The number of rotatable bonds is 2. The maximum absolute atomic E-state index is 5.24. The molecule has 0 aliphatic heterocycles. The summed E-state index contributed by atoms with van der Waals surface area (Å²) in [4.78, 5) is 0. The fourth-order valence-electron chi connectivity index (χ4n) is 1.70. The first-order valence-electron chi connectivity index (χ1n) is 5.37. The molecule has 2 rings (SSSR count). The fraction of sp³-hybridized carbons (Fsp3) is 0.333. The Morgan fingerprint density at radius 3 is 2.69 bits per heavy atom. The lowest BCUT2D eigenvalue weighted by Gasteiger charge is -2.07. The largest absolute Gasteiger partial charge is 0.272 e. The highest BCUT2D eigenvalue weighted by Gasteiger charge is 2.06. The summed E-state index contributed by atoms with van der Waals surface area (Å²) in [6.45, 7) is 6.28. The van der Waals surface area contributed by atoms with Crippen LogP contribution in [0.1, 0.15) is 23.9 Å². The lowest BCUT2D eigenvalue weighted by Crippen LogP contribution is -2.00. The van der Waals surface area contributed by atoms with Gasteiger partial charge in [0.05, 0.1) is 0 Å². The standard InChI is InChI=1S/C12H15N3S/c1-4-11-13-14-12(16)15(11)10-6-5-8(2)9(3)7-10/h5-7H,4H2,1-3H3,(H,14,16). The summed E-state index contributed by atoms with van der Waals surface area (Å²) in [5, 5.41) is 7.04. The van der Waals surface area contributed by atoms with Gasteiger partial charge >= 0.3 is 0 Å². The molecular formula is C12H15N3S. The molecule has 1 aromatic heterocycles. The molecular weight excluding hydrogens is 218 g/mol. The minimum Gasteiger partial charge on any atom is -0.272 e. The predicted octanol–water partition coefficient (Wildman–Crippen LogP) is 3.11. The number of aromatic nitrogens is 3. The maximum Gasteiger partial charge on any atom is 0.199 e. The molecule has 0 aliphatic rings. The van der Waals surface area contributed by atoms with Crippen molar-refractivity contribution in [3.63, 3.8) is 0 Å². The monoisotopic (exact) mass is 233 g/mol. The normalized spacial score (nSPS) is 10.7. The van der Waals surface area contributed by atoms with Gasteiger partial charge in [0, 0.05) is 12.1 Å². The molecule has 0 bridgehead atoms. The third-order valence-corrected chi connectivity index (χ3v) is 3.08. The van der Waals surface area contributed by atoms with Crippen molar-refractivity contribution in [1.29, 1.82) is 0 Å². The SMILES string of the molecule is CCc1n[nH]c(=S)n1-c1ccc(C)c(C)c1. The third-order valence-electron chi connectivity index (χ3n) is 2.81. The molecule has 0 fully saturated rings. The van der Waals surface area contributed by atoms with Gasteiger partial charge in [-0.3, -0.25) is 9.67 Å². The summed E-state index contributed by atoms with van der Waals surface area (Å²) < 4.78 is 2.64. The molecule has 0 aliphatic carbocycles. The minimum atomic E-state index is 0.653. The van der Waals surface area contributed by atoms with Crippen LogP contribution >= 0.6 is 12.2 Å². The molecule has 0 spiro atoms. The van der Waals surface area contributed by atoms with E-state index in [1.807, 2.05) is 4.57 Å². The third kappa shape index (κ3) is 1.80. The van der Waals surface area contributed by atoms with Crippen molar-refractivity contribution < 1.29 is 0 Å². The Balaban J connectivity index is 2.62. The Labute approximate surface area is 100 Å². The van der Waals surface area contributed by atoms with Gasteiger partial charge in [-0.2, -0.15) is 5.10 Å². The van der Waals surface area contributed by atoms with E-state index >= 15 is 0 Å². The van der Waals surface area contributed by atoms with E-state index in [-0.39, 0.29) is 0 Å². The molecule has 0 atom stereocenters. The number of aromatic amines is 1. The minimum absolute atomic E-state index is 0.653. The second kappa shape index (κ2) is 4.22. The molecule has 3 nitrogen and oxygen atoms in total. The van der Waals surface area contributed by atoms with Crippen LogP contribution in [0.15, 0.2) is 18.2 Å². The van der Waals surface area contributed by atoms with Crippen LogP contribution in [0.25, 0.3) is 5.69 Å². The molecule has 0 amide bonds. The lowest BCUT2D eigenvalue weighted by molar-refractivity contribution is 0.879. The zero-order valence-corrected chi connectivity index (χ0v) is 10.6. The average molecular weight is 233 g/mol. The van der Waals surface area contributed by atoms with Crippen LogP contribution in [0, 0.1) is 18.6 Å². The van der Waals surface area contributed by atoms with Crippen LogP contribution in [-0.2, 0) is 6.42 Å². The van der Waals surface area contributed by atoms with Gasteiger partial charge in [0.15, 0.2) is 4.77 Å². The highest BCUT2D eigenvalue weighted by atomic mass is 32.1. The smallest absolute Gasteiger partial charge is 0.199 e. The van der Waals surface area contributed by atoms with E-state index in [9.17, 15) is 0 Å². The van der Waals surface area contributed by atoms with Gasteiger partial charge in [-0.15, -0.1) is 0 Å². The van der Waals surface area contributed by atoms with Gasteiger partial charge in [0.1, 0.15) is 5.82 Å². The van der Waals surface area contributed by atoms with Crippen LogP contribution in [-0.4, -0.2) is 14.8 Å². The van der Waals surface area contributed by atoms with Gasteiger partial charge in [-0.1, -0.05) is 13.0 Å². The van der Waals surface area contributed by atoms with Crippen molar-refractivity contribution in [2.75, 3.05) is 0 Å². The summed E-state index contributed by atoms with van der Waals surface area (Å²) in [5.41, 5.74) is 3.64. The molecule has 0 saturated heterocycles. The number of hydrogen-bond donors (Lipinski definition) is 1. The first-order chi connectivity index (χ1) is 7.63. The van der Waals surface area contributed by atoms with E-state index in [4.69, 9.17) is 12.2 Å². The summed E-state index contributed by atoms with van der Waals surface area (Å²) in [6.07, 6.45) is 0.861. The van der Waals surface area contributed by atoms with E-state index in [1.165, 1.54) is 11.1 Å². The van der Waals surface area contributed by atoms with Crippen molar-refractivity contribution >= 4 is 12.2 Å². The Bertz CT molecular complexity index is 566. The number of H-pyrrole nitrogens is 1. The second-order valence-electron chi connectivity index (χ2n) is 3.90. The number of aryl methyl sites for hydroxylation is 3. The molecule has 0 unspecified atom stereocenters. The van der Waals surface area contributed by atoms with Crippen LogP contribution in [0.5, 0.6) is 0 Å². The summed E-state index contributed by atoms with van der Waals surface area (Å²) in [5.74, 6) is 0.966. The Hall–Kier alpha value is -1.42. The van der Waals surface area contributed by atoms with Crippen LogP contribution in [0.4, 0.5) is 0 Å². The van der Waals surface area contributed by atoms with Crippen molar-refractivity contribution in [1.82, 2.24) is 14.8 Å².